The van der Waals surface area contributed by atoms with Gasteiger partial charge in [0.2, 0.25) is 0 Å². The van der Waals surface area contributed by atoms with Crippen LogP contribution in [0.4, 0.5) is 0 Å². The van der Waals surface area contributed by atoms with Crippen molar-refractivity contribution in [3.05, 3.63) is 76.4 Å². The second-order valence-corrected chi connectivity index (χ2v) is 6.70. The van der Waals surface area contributed by atoms with Gasteiger partial charge in [0.1, 0.15) is 0 Å². The normalized spacial score (nSPS) is 10.8. The van der Waals surface area contributed by atoms with Crippen molar-refractivity contribution in [3.8, 4) is 16.9 Å². The zero-order valence-electron chi connectivity index (χ0n) is 13.4. The Morgan fingerprint density at radius 2 is 1.67 bits per heavy atom. The number of benzene rings is 2. The van der Waals surface area contributed by atoms with Crippen LogP contribution in [-0.4, -0.2) is 15.6 Å². The number of hydrogen-bond donors (Lipinski definition) is 1. The number of hydrogen-bond acceptors (Lipinski definition) is 1. The maximum absolute atomic E-state index is 11.0. The number of nitrogens with zero attached hydrogens (tertiary/aromatic N) is 1. The number of aryl methyl sites for hydroxylation is 2. The van der Waals surface area contributed by atoms with E-state index < -0.39 is 5.97 Å². The monoisotopic (exact) mass is 383 g/mol. The summed E-state index contributed by atoms with van der Waals surface area (Å²) in [6.07, 6.45) is 0.620. The van der Waals surface area contributed by atoms with Crippen LogP contribution < -0.4 is 0 Å². The molecule has 2 aromatic carbocycles. The van der Waals surface area contributed by atoms with Crippen LogP contribution in [0, 0.1) is 6.92 Å². The summed E-state index contributed by atoms with van der Waals surface area (Å²) in [7, 11) is 0. The zero-order chi connectivity index (χ0) is 17.1. The van der Waals surface area contributed by atoms with Crippen molar-refractivity contribution in [2.75, 3.05) is 0 Å². The molecule has 1 N–H and O–H groups in total. The van der Waals surface area contributed by atoms with E-state index in [-0.39, 0.29) is 6.42 Å². The number of rotatable bonds is 5. The fraction of sp³-hybridized carbons (Fsp3) is 0.150. The van der Waals surface area contributed by atoms with Gasteiger partial charge < -0.3 is 9.67 Å². The van der Waals surface area contributed by atoms with Gasteiger partial charge in [-0.15, -0.1) is 0 Å². The van der Waals surface area contributed by atoms with Crippen LogP contribution in [0.5, 0.6) is 0 Å². The lowest BCUT2D eigenvalue weighted by Gasteiger charge is -2.14. The standard InChI is InChI=1S/C20H18BrNO2/c1-14-2-8-17(9-3-14)22-18(11-13-20(23)24)10-12-19(22)15-4-6-16(21)7-5-15/h2-10,12H,11,13H2,1H3,(H,23,24). The summed E-state index contributed by atoms with van der Waals surface area (Å²) in [5.74, 6) is -0.781. The molecule has 0 aliphatic carbocycles. The minimum atomic E-state index is -0.781. The molecule has 0 aliphatic heterocycles. The molecule has 0 aliphatic rings. The summed E-state index contributed by atoms with van der Waals surface area (Å²) in [5.41, 5.74) is 5.40. The molecular formula is C20H18BrNO2. The first-order valence-corrected chi connectivity index (χ1v) is 8.59. The van der Waals surface area contributed by atoms with Gasteiger partial charge in [-0.05, 0) is 55.3 Å². The first-order valence-electron chi connectivity index (χ1n) is 7.80. The highest BCUT2D eigenvalue weighted by molar-refractivity contribution is 9.10. The maximum atomic E-state index is 11.0. The number of aliphatic carboxylic acids is 1. The number of aromatic nitrogens is 1. The van der Waals surface area contributed by atoms with Crippen molar-refractivity contribution < 1.29 is 9.90 Å². The number of carboxylic acids is 1. The molecule has 1 aromatic heterocycles. The van der Waals surface area contributed by atoms with Gasteiger partial charge >= 0.3 is 5.97 Å². The van der Waals surface area contributed by atoms with Gasteiger partial charge in [0.15, 0.2) is 0 Å². The molecule has 3 rings (SSSR count). The van der Waals surface area contributed by atoms with E-state index in [0.717, 1.165) is 27.1 Å². The topological polar surface area (TPSA) is 42.2 Å². The van der Waals surface area contributed by atoms with Crippen LogP contribution in [-0.2, 0) is 11.2 Å². The van der Waals surface area contributed by atoms with Crippen molar-refractivity contribution in [2.24, 2.45) is 0 Å². The summed E-state index contributed by atoms with van der Waals surface area (Å²) < 4.78 is 3.18. The first kappa shape index (κ1) is 16.5. The lowest BCUT2D eigenvalue weighted by atomic mass is 10.1. The average Bonchev–Trinajstić information content (AvgIpc) is 2.98. The fourth-order valence-corrected chi connectivity index (χ4v) is 3.02. The van der Waals surface area contributed by atoms with Crippen LogP contribution in [0.2, 0.25) is 0 Å². The molecule has 0 radical (unpaired) electrons. The molecule has 0 amide bonds. The third-order valence-electron chi connectivity index (χ3n) is 3.99. The van der Waals surface area contributed by atoms with Gasteiger partial charge in [-0.2, -0.15) is 0 Å². The quantitative estimate of drug-likeness (QED) is 0.654. The van der Waals surface area contributed by atoms with Crippen LogP contribution in [0.1, 0.15) is 17.7 Å². The van der Waals surface area contributed by atoms with Gasteiger partial charge in [0.05, 0.1) is 12.1 Å². The molecule has 0 saturated heterocycles. The van der Waals surface area contributed by atoms with E-state index >= 15 is 0 Å². The second-order valence-electron chi connectivity index (χ2n) is 5.78. The molecule has 3 nitrogen and oxygen atoms in total. The number of carboxylic acid groups (broad SMARTS) is 1. The van der Waals surface area contributed by atoms with Gasteiger partial charge in [0.25, 0.3) is 0 Å². The van der Waals surface area contributed by atoms with Crippen molar-refractivity contribution in [2.45, 2.75) is 19.8 Å². The number of carbonyl (C=O) groups is 1. The summed E-state index contributed by atoms with van der Waals surface area (Å²) in [6, 6.07) is 20.5. The van der Waals surface area contributed by atoms with E-state index in [9.17, 15) is 4.79 Å². The fourth-order valence-electron chi connectivity index (χ4n) is 2.75. The summed E-state index contributed by atoms with van der Waals surface area (Å²) in [4.78, 5) is 11.0. The van der Waals surface area contributed by atoms with E-state index in [2.05, 4.69) is 69.9 Å². The van der Waals surface area contributed by atoms with Crippen molar-refractivity contribution in [1.29, 1.82) is 0 Å². The van der Waals surface area contributed by atoms with Gasteiger partial charge in [-0.25, -0.2) is 0 Å². The molecule has 0 fully saturated rings. The van der Waals surface area contributed by atoms with Crippen LogP contribution in [0.3, 0.4) is 0 Å². The largest absolute Gasteiger partial charge is 0.481 e. The Labute approximate surface area is 149 Å². The summed E-state index contributed by atoms with van der Waals surface area (Å²) in [5, 5.41) is 9.01. The van der Waals surface area contributed by atoms with Crippen LogP contribution in [0.15, 0.2) is 65.1 Å². The van der Waals surface area contributed by atoms with E-state index in [4.69, 9.17) is 5.11 Å². The minimum Gasteiger partial charge on any atom is -0.481 e. The third-order valence-corrected chi connectivity index (χ3v) is 4.52. The molecule has 0 saturated carbocycles. The molecule has 1 heterocycles. The van der Waals surface area contributed by atoms with Gasteiger partial charge in [-0.3, -0.25) is 4.79 Å². The van der Waals surface area contributed by atoms with Crippen LogP contribution >= 0.6 is 15.9 Å². The highest BCUT2D eigenvalue weighted by Crippen LogP contribution is 2.28. The van der Waals surface area contributed by atoms with Gasteiger partial charge in [-0.1, -0.05) is 45.8 Å². The Hall–Kier alpha value is -2.33. The Morgan fingerprint density at radius 1 is 1.00 bits per heavy atom. The first-order chi connectivity index (χ1) is 11.5. The molecule has 3 aromatic rings. The Kier molecular flexibility index (Phi) is 4.86. The predicted molar refractivity (Wildman–Crippen MR) is 99.6 cm³/mol. The molecule has 122 valence electrons. The molecule has 24 heavy (non-hydrogen) atoms. The zero-order valence-corrected chi connectivity index (χ0v) is 15.0. The highest BCUT2D eigenvalue weighted by atomic mass is 79.9. The minimum absolute atomic E-state index is 0.121. The Balaban J connectivity index is 2.09. The van der Waals surface area contributed by atoms with Crippen molar-refractivity contribution in [3.63, 3.8) is 0 Å². The van der Waals surface area contributed by atoms with E-state index in [1.54, 1.807) is 0 Å². The molecule has 0 unspecified atom stereocenters. The van der Waals surface area contributed by atoms with E-state index in [0.29, 0.717) is 6.42 Å². The lowest BCUT2D eigenvalue weighted by Crippen LogP contribution is -2.05. The van der Waals surface area contributed by atoms with Crippen molar-refractivity contribution in [1.82, 2.24) is 4.57 Å². The lowest BCUT2D eigenvalue weighted by molar-refractivity contribution is -0.136. The highest BCUT2D eigenvalue weighted by Gasteiger charge is 2.13. The molecule has 0 spiro atoms. The molecule has 0 bridgehead atoms. The molecular weight excluding hydrogens is 366 g/mol. The third kappa shape index (κ3) is 3.60. The van der Waals surface area contributed by atoms with E-state index in [1.165, 1.54) is 5.56 Å². The van der Waals surface area contributed by atoms with Crippen LogP contribution in [0.25, 0.3) is 16.9 Å². The van der Waals surface area contributed by atoms with E-state index in [1.807, 2.05) is 18.2 Å². The Bertz CT molecular complexity index is 848. The summed E-state index contributed by atoms with van der Waals surface area (Å²) >= 11 is 3.46. The average molecular weight is 384 g/mol. The molecule has 0 atom stereocenters. The maximum Gasteiger partial charge on any atom is 0.303 e. The molecule has 4 heteroatoms. The van der Waals surface area contributed by atoms with Gasteiger partial charge in [0, 0.05) is 15.9 Å². The second kappa shape index (κ2) is 7.05. The van der Waals surface area contributed by atoms with Crippen molar-refractivity contribution >= 4 is 21.9 Å². The summed E-state index contributed by atoms with van der Waals surface area (Å²) in [6.45, 7) is 2.06. The SMILES string of the molecule is Cc1ccc(-n2c(CCC(=O)O)ccc2-c2ccc(Br)cc2)cc1. The number of halogens is 1. The smallest absolute Gasteiger partial charge is 0.303 e. The predicted octanol–water partition coefficient (Wildman–Crippen LogP) is 5.23. The Morgan fingerprint density at radius 3 is 2.29 bits per heavy atom.